The van der Waals surface area contributed by atoms with E-state index in [2.05, 4.69) is 0 Å². The highest BCUT2D eigenvalue weighted by atomic mass is 16.1. The van der Waals surface area contributed by atoms with Gasteiger partial charge in [0.15, 0.2) is 12.4 Å². The summed E-state index contributed by atoms with van der Waals surface area (Å²) in [6.45, 7) is 0. The maximum Gasteiger partial charge on any atom is 0.287 e. The Bertz CT molecular complexity index is 743. The number of nitrogens with zero attached hydrogens (tertiary/aromatic N) is 3. The Balaban J connectivity index is 2.63. The molecule has 1 heterocycles. The number of rotatable bonds is 5. The van der Waals surface area contributed by atoms with Crippen LogP contribution in [-0.2, 0) is 4.79 Å². The predicted molar refractivity (Wildman–Crippen MR) is 81.5 cm³/mol. The number of carbonyl (C=O) groups is 1. The van der Waals surface area contributed by atoms with Crippen LogP contribution in [0.4, 0.5) is 0 Å². The first-order chi connectivity index (χ1) is 10.7. The van der Waals surface area contributed by atoms with E-state index in [1.165, 1.54) is 0 Å². The van der Waals surface area contributed by atoms with Gasteiger partial charge in [-0.3, -0.25) is 10.7 Å². The fourth-order valence-electron chi connectivity index (χ4n) is 2.41. The van der Waals surface area contributed by atoms with Crippen LogP contribution in [0.15, 0.2) is 66.5 Å². The predicted octanol–water partition coefficient (Wildman–Crippen LogP) is 1.47. The van der Waals surface area contributed by atoms with Crippen LogP contribution in [-0.4, -0.2) is 11.8 Å². The van der Waals surface area contributed by atoms with E-state index in [0.717, 1.165) is 0 Å². The maximum atomic E-state index is 12.0. The second kappa shape index (κ2) is 6.98. The quantitative estimate of drug-likeness (QED) is 0.513. The van der Waals surface area contributed by atoms with Gasteiger partial charge in [-0.05, 0) is 5.56 Å². The Morgan fingerprint density at radius 2 is 1.73 bits per heavy atom. The molecule has 108 valence electrons. The summed E-state index contributed by atoms with van der Waals surface area (Å²) in [6, 6.07) is 15.3. The molecule has 2 N–H and O–H groups in total. The van der Waals surface area contributed by atoms with Gasteiger partial charge in [0.2, 0.25) is 6.04 Å². The Kier molecular flexibility index (Phi) is 4.81. The SMILES string of the molecule is N#CC(=C=[N-])[C@H](c1ccccc1)[C@H](C(N)=O)[n+]1ccccc1. The van der Waals surface area contributed by atoms with Crippen molar-refractivity contribution in [2.45, 2.75) is 12.0 Å². The molecule has 2 aromatic rings. The molecule has 2 rings (SSSR count). The van der Waals surface area contributed by atoms with E-state index in [9.17, 15) is 15.5 Å². The molecule has 22 heavy (non-hydrogen) atoms. The third kappa shape index (κ3) is 3.09. The van der Waals surface area contributed by atoms with Crippen LogP contribution in [0.1, 0.15) is 17.5 Å². The number of pyridine rings is 1. The molecule has 0 saturated carbocycles. The first-order valence-corrected chi connectivity index (χ1v) is 6.66. The van der Waals surface area contributed by atoms with Gasteiger partial charge in [-0.1, -0.05) is 36.4 Å². The van der Waals surface area contributed by atoms with Gasteiger partial charge < -0.3 is 11.1 Å². The minimum Gasteiger partial charge on any atom is -0.762 e. The zero-order chi connectivity index (χ0) is 15.9. The van der Waals surface area contributed by atoms with Gasteiger partial charge in [0, 0.05) is 12.1 Å². The Morgan fingerprint density at radius 3 is 2.23 bits per heavy atom. The highest BCUT2D eigenvalue weighted by molar-refractivity contribution is 5.81. The van der Waals surface area contributed by atoms with Crippen molar-refractivity contribution < 1.29 is 9.36 Å². The summed E-state index contributed by atoms with van der Waals surface area (Å²) in [6.07, 6.45) is 3.38. The van der Waals surface area contributed by atoms with E-state index in [0.29, 0.717) is 5.56 Å². The molecule has 0 radical (unpaired) electrons. The normalized spacial score (nSPS) is 12.5. The van der Waals surface area contributed by atoms with Crippen LogP contribution < -0.4 is 10.3 Å². The molecule has 0 aliphatic rings. The van der Waals surface area contributed by atoms with Gasteiger partial charge in [-0.25, -0.2) is 0 Å². The second-order valence-corrected chi connectivity index (χ2v) is 4.70. The van der Waals surface area contributed by atoms with Crippen molar-refractivity contribution in [2.24, 2.45) is 5.73 Å². The van der Waals surface area contributed by atoms with Crippen molar-refractivity contribution in [1.29, 1.82) is 5.26 Å². The lowest BCUT2D eigenvalue weighted by atomic mass is 9.85. The first kappa shape index (κ1) is 15.2. The fraction of sp³-hybridized carbons (Fsp3) is 0.118. The highest BCUT2D eigenvalue weighted by Gasteiger charge is 2.38. The number of aromatic nitrogens is 1. The third-order valence-corrected chi connectivity index (χ3v) is 3.38. The lowest BCUT2D eigenvalue weighted by Crippen LogP contribution is -2.49. The van der Waals surface area contributed by atoms with Crippen LogP contribution in [0, 0.1) is 11.3 Å². The van der Waals surface area contributed by atoms with E-state index in [1.807, 2.05) is 24.1 Å². The van der Waals surface area contributed by atoms with Crippen molar-refractivity contribution in [3.8, 4) is 6.07 Å². The second-order valence-electron chi connectivity index (χ2n) is 4.70. The molecule has 0 spiro atoms. The Labute approximate surface area is 128 Å². The largest absolute Gasteiger partial charge is 0.762 e. The number of amides is 1. The number of allylic oxidation sites excluding steroid dienone is 1. The van der Waals surface area contributed by atoms with Gasteiger partial charge in [0.25, 0.3) is 5.91 Å². The van der Waals surface area contributed by atoms with Crippen LogP contribution in [0.2, 0.25) is 0 Å². The molecule has 5 heteroatoms. The molecular weight excluding hydrogens is 276 g/mol. The van der Waals surface area contributed by atoms with E-state index in [1.54, 1.807) is 53.4 Å². The van der Waals surface area contributed by atoms with Crippen LogP contribution in [0.3, 0.4) is 0 Å². The number of hydrogen-bond acceptors (Lipinski definition) is 2. The van der Waals surface area contributed by atoms with Crippen LogP contribution in [0.25, 0.3) is 5.41 Å². The minimum atomic E-state index is -0.849. The van der Waals surface area contributed by atoms with Crippen molar-refractivity contribution >= 4 is 11.8 Å². The van der Waals surface area contributed by atoms with Crippen molar-refractivity contribution in [3.05, 3.63) is 77.5 Å². The topological polar surface area (TPSA) is 93.1 Å². The molecule has 0 fully saturated rings. The number of primary amides is 1. The first-order valence-electron chi connectivity index (χ1n) is 6.66. The summed E-state index contributed by atoms with van der Waals surface area (Å²) in [5.41, 5.74) is 6.21. The van der Waals surface area contributed by atoms with Crippen LogP contribution in [0.5, 0.6) is 0 Å². The minimum absolute atomic E-state index is 0.0497. The highest BCUT2D eigenvalue weighted by Crippen LogP contribution is 2.30. The fourth-order valence-corrected chi connectivity index (χ4v) is 2.41. The van der Waals surface area contributed by atoms with Gasteiger partial charge in [-0.2, -0.15) is 9.83 Å². The number of benzene rings is 1. The molecule has 0 aliphatic heterocycles. The average Bonchev–Trinajstić information content (AvgIpc) is 2.56. The summed E-state index contributed by atoms with van der Waals surface area (Å²) in [5, 5.41) is 18.5. The number of hydrogen-bond donors (Lipinski definition) is 1. The Hall–Kier alpha value is -3.22. The Morgan fingerprint density at radius 1 is 1.14 bits per heavy atom. The van der Waals surface area contributed by atoms with Gasteiger partial charge in [0.05, 0.1) is 11.5 Å². The molecular formula is C17H14N4O. The van der Waals surface area contributed by atoms with E-state index in [-0.39, 0.29) is 5.57 Å². The summed E-state index contributed by atoms with van der Waals surface area (Å²) >= 11 is 0. The lowest BCUT2D eigenvalue weighted by molar-refractivity contribution is -0.711. The standard InChI is InChI=1S/C17H14N4O/c18-11-14(12-19)15(13-7-3-1-4-8-13)16(17(20)22)21-9-5-2-6-10-21/h1-10,15-16H,(H2,20,22)/t15-,16+/m0/s1. The van der Waals surface area contributed by atoms with Gasteiger partial charge in [0.1, 0.15) is 6.07 Å². The van der Waals surface area contributed by atoms with Crippen molar-refractivity contribution in [2.75, 3.05) is 0 Å². The summed E-state index contributed by atoms with van der Waals surface area (Å²) < 4.78 is 1.62. The summed E-state index contributed by atoms with van der Waals surface area (Å²) in [4.78, 5) is 12.0. The molecule has 1 amide bonds. The van der Waals surface area contributed by atoms with E-state index >= 15 is 0 Å². The summed E-state index contributed by atoms with van der Waals surface area (Å²) in [5.74, 6) is 0.565. The molecule has 0 aliphatic carbocycles. The van der Waals surface area contributed by atoms with Crippen molar-refractivity contribution in [1.82, 2.24) is 0 Å². The summed E-state index contributed by atoms with van der Waals surface area (Å²) in [7, 11) is 0. The molecule has 1 aromatic carbocycles. The third-order valence-electron chi connectivity index (χ3n) is 3.38. The molecule has 5 nitrogen and oxygen atoms in total. The maximum absolute atomic E-state index is 12.0. The van der Waals surface area contributed by atoms with E-state index in [4.69, 9.17) is 5.73 Å². The molecule has 0 unspecified atom stereocenters. The molecule has 2 atom stereocenters. The van der Waals surface area contributed by atoms with E-state index < -0.39 is 17.9 Å². The number of nitrogens with two attached hydrogens (primary N) is 1. The van der Waals surface area contributed by atoms with Gasteiger partial charge >= 0.3 is 0 Å². The monoisotopic (exact) mass is 290 g/mol. The average molecular weight is 290 g/mol. The molecule has 1 aromatic heterocycles. The smallest absolute Gasteiger partial charge is 0.287 e. The zero-order valence-corrected chi connectivity index (χ0v) is 11.8. The molecule has 0 saturated heterocycles. The van der Waals surface area contributed by atoms with Gasteiger partial charge in [-0.15, -0.1) is 0 Å². The lowest BCUT2D eigenvalue weighted by Gasteiger charge is -2.20. The number of nitriles is 1. The molecule has 0 bridgehead atoms. The van der Waals surface area contributed by atoms with Crippen LogP contribution >= 0.6 is 0 Å². The van der Waals surface area contributed by atoms with Crippen molar-refractivity contribution in [3.63, 3.8) is 0 Å². The number of carbonyl (C=O) groups excluding carboxylic acids is 1. The zero-order valence-electron chi connectivity index (χ0n) is 11.8.